The molecule has 2 rings (SSSR count). The lowest BCUT2D eigenvalue weighted by molar-refractivity contribution is -0.137. The third-order valence-electron chi connectivity index (χ3n) is 4.48. The molecule has 0 spiro atoms. The standard InChI is InChI=1S/C17H24N2O3/c1-17(10-5-7-13-6-3-4-8-14(13)17)12-18-16(22)19(2)11-9-15(20)21/h3-4,6,8H,5,7,9-12H2,1-2H3,(H,18,22)(H,20,21). The number of urea groups is 1. The van der Waals surface area contributed by atoms with Crippen LogP contribution in [0.15, 0.2) is 24.3 Å². The van der Waals surface area contributed by atoms with Crippen molar-refractivity contribution in [3.63, 3.8) is 0 Å². The van der Waals surface area contributed by atoms with Crippen LogP contribution in [-0.4, -0.2) is 42.1 Å². The summed E-state index contributed by atoms with van der Waals surface area (Å²) in [4.78, 5) is 24.1. The Bertz CT molecular complexity index is 559. The molecule has 1 aromatic carbocycles. The van der Waals surface area contributed by atoms with E-state index in [0.717, 1.165) is 19.3 Å². The van der Waals surface area contributed by atoms with E-state index in [9.17, 15) is 9.59 Å². The SMILES string of the molecule is CN(CCC(=O)O)C(=O)NCC1(C)CCCc2ccccc21. The fourth-order valence-corrected chi connectivity index (χ4v) is 3.08. The maximum atomic E-state index is 12.1. The Morgan fingerprint density at radius 2 is 2.09 bits per heavy atom. The smallest absolute Gasteiger partial charge is 0.317 e. The monoisotopic (exact) mass is 304 g/mol. The fraction of sp³-hybridized carbons (Fsp3) is 0.529. The van der Waals surface area contributed by atoms with E-state index in [4.69, 9.17) is 5.11 Å². The van der Waals surface area contributed by atoms with Crippen LogP contribution in [0.5, 0.6) is 0 Å². The van der Waals surface area contributed by atoms with E-state index in [0.29, 0.717) is 6.54 Å². The van der Waals surface area contributed by atoms with Crippen molar-refractivity contribution in [1.29, 1.82) is 0 Å². The number of carboxylic acid groups (broad SMARTS) is 1. The number of aliphatic carboxylic acids is 1. The highest BCUT2D eigenvalue weighted by Gasteiger charge is 2.32. The molecular formula is C17H24N2O3. The van der Waals surface area contributed by atoms with Crippen molar-refractivity contribution in [3.8, 4) is 0 Å². The molecule has 0 saturated carbocycles. The van der Waals surface area contributed by atoms with E-state index in [-0.39, 0.29) is 24.4 Å². The number of benzene rings is 1. The molecule has 0 bridgehead atoms. The van der Waals surface area contributed by atoms with Gasteiger partial charge in [-0.2, -0.15) is 0 Å². The van der Waals surface area contributed by atoms with E-state index in [2.05, 4.69) is 30.4 Å². The number of aryl methyl sites for hydroxylation is 1. The van der Waals surface area contributed by atoms with Gasteiger partial charge in [-0.1, -0.05) is 31.2 Å². The van der Waals surface area contributed by atoms with Crippen LogP contribution in [0.3, 0.4) is 0 Å². The summed E-state index contributed by atoms with van der Waals surface area (Å²) < 4.78 is 0. The average molecular weight is 304 g/mol. The molecule has 120 valence electrons. The predicted molar refractivity (Wildman–Crippen MR) is 85.0 cm³/mol. The molecule has 1 aliphatic rings. The Hall–Kier alpha value is -2.04. The zero-order valence-corrected chi connectivity index (χ0v) is 13.3. The summed E-state index contributed by atoms with van der Waals surface area (Å²) >= 11 is 0. The zero-order valence-electron chi connectivity index (χ0n) is 13.3. The maximum absolute atomic E-state index is 12.1. The number of nitrogens with zero attached hydrogens (tertiary/aromatic N) is 1. The highest BCUT2D eigenvalue weighted by Crippen LogP contribution is 2.36. The van der Waals surface area contributed by atoms with Crippen LogP contribution in [0.2, 0.25) is 0 Å². The Balaban J connectivity index is 1.96. The predicted octanol–water partition coefficient (Wildman–Crippen LogP) is 2.40. The van der Waals surface area contributed by atoms with Gasteiger partial charge in [-0.15, -0.1) is 0 Å². The molecular weight excluding hydrogens is 280 g/mol. The second-order valence-corrected chi connectivity index (χ2v) is 6.30. The second kappa shape index (κ2) is 6.81. The van der Waals surface area contributed by atoms with Gasteiger partial charge in [0.1, 0.15) is 0 Å². The van der Waals surface area contributed by atoms with E-state index in [1.54, 1.807) is 7.05 Å². The number of carbonyl (C=O) groups excluding carboxylic acids is 1. The summed E-state index contributed by atoms with van der Waals surface area (Å²) in [6, 6.07) is 8.19. The van der Waals surface area contributed by atoms with Gasteiger partial charge in [-0.05, 0) is 30.4 Å². The molecule has 0 aliphatic heterocycles. The van der Waals surface area contributed by atoms with E-state index in [1.807, 2.05) is 6.07 Å². The van der Waals surface area contributed by atoms with Crippen molar-refractivity contribution in [1.82, 2.24) is 10.2 Å². The topological polar surface area (TPSA) is 69.6 Å². The van der Waals surface area contributed by atoms with Crippen LogP contribution in [0.25, 0.3) is 0 Å². The van der Waals surface area contributed by atoms with Gasteiger partial charge in [-0.3, -0.25) is 4.79 Å². The number of amides is 2. The lowest BCUT2D eigenvalue weighted by Crippen LogP contribution is -2.45. The summed E-state index contributed by atoms with van der Waals surface area (Å²) in [5.74, 6) is -0.896. The first-order valence-corrected chi connectivity index (χ1v) is 7.71. The van der Waals surface area contributed by atoms with Crippen LogP contribution < -0.4 is 5.32 Å². The van der Waals surface area contributed by atoms with E-state index in [1.165, 1.54) is 16.0 Å². The first kappa shape index (κ1) is 16.3. The summed E-state index contributed by atoms with van der Waals surface area (Å²) in [7, 11) is 1.62. The molecule has 5 heteroatoms. The molecule has 1 aliphatic carbocycles. The molecule has 0 radical (unpaired) electrons. The Labute approximate surface area is 131 Å². The minimum absolute atomic E-state index is 0.0377. The molecule has 1 unspecified atom stereocenters. The van der Waals surface area contributed by atoms with Crippen molar-refractivity contribution in [2.24, 2.45) is 0 Å². The van der Waals surface area contributed by atoms with E-state index < -0.39 is 5.97 Å². The van der Waals surface area contributed by atoms with Gasteiger partial charge in [0.05, 0.1) is 6.42 Å². The van der Waals surface area contributed by atoms with Crippen LogP contribution in [0.4, 0.5) is 4.79 Å². The minimum atomic E-state index is -0.896. The molecule has 5 nitrogen and oxygen atoms in total. The number of carbonyl (C=O) groups is 2. The number of hydrogen-bond acceptors (Lipinski definition) is 2. The molecule has 0 heterocycles. The molecule has 2 N–H and O–H groups in total. The molecule has 1 aromatic rings. The molecule has 2 amide bonds. The number of hydrogen-bond donors (Lipinski definition) is 2. The Morgan fingerprint density at radius 3 is 2.82 bits per heavy atom. The summed E-state index contributed by atoms with van der Waals surface area (Å²) in [6.45, 7) is 2.97. The van der Waals surface area contributed by atoms with Gasteiger partial charge in [-0.25, -0.2) is 4.79 Å². The number of fused-ring (bicyclic) bond motifs is 1. The first-order valence-electron chi connectivity index (χ1n) is 7.71. The molecule has 1 atom stereocenters. The summed E-state index contributed by atoms with van der Waals surface area (Å²) in [6.07, 6.45) is 3.23. The largest absolute Gasteiger partial charge is 0.481 e. The third-order valence-corrected chi connectivity index (χ3v) is 4.48. The number of rotatable bonds is 5. The second-order valence-electron chi connectivity index (χ2n) is 6.30. The van der Waals surface area contributed by atoms with Crippen LogP contribution in [0.1, 0.15) is 37.3 Å². The van der Waals surface area contributed by atoms with Crippen molar-refractivity contribution >= 4 is 12.0 Å². The number of carboxylic acids is 1. The summed E-state index contributed by atoms with van der Waals surface area (Å²) in [5.41, 5.74) is 2.62. The van der Waals surface area contributed by atoms with Gasteiger partial charge in [0.15, 0.2) is 0 Å². The molecule has 0 fully saturated rings. The van der Waals surface area contributed by atoms with E-state index >= 15 is 0 Å². The first-order chi connectivity index (χ1) is 10.4. The quantitative estimate of drug-likeness (QED) is 0.877. The molecule has 0 aromatic heterocycles. The van der Waals surface area contributed by atoms with Crippen molar-refractivity contribution < 1.29 is 14.7 Å². The zero-order chi connectivity index (χ0) is 16.2. The van der Waals surface area contributed by atoms with Crippen molar-refractivity contribution in [2.75, 3.05) is 20.1 Å². The van der Waals surface area contributed by atoms with Crippen LogP contribution in [0, 0.1) is 0 Å². The van der Waals surface area contributed by atoms with Gasteiger partial charge in [0.2, 0.25) is 0 Å². The van der Waals surface area contributed by atoms with Crippen molar-refractivity contribution in [3.05, 3.63) is 35.4 Å². The third kappa shape index (κ3) is 3.78. The van der Waals surface area contributed by atoms with Gasteiger partial charge in [0.25, 0.3) is 0 Å². The fourth-order valence-electron chi connectivity index (χ4n) is 3.08. The lowest BCUT2D eigenvalue weighted by Gasteiger charge is -2.36. The van der Waals surface area contributed by atoms with Gasteiger partial charge in [0, 0.05) is 25.6 Å². The van der Waals surface area contributed by atoms with Gasteiger partial charge >= 0.3 is 12.0 Å². The minimum Gasteiger partial charge on any atom is -0.481 e. The maximum Gasteiger partial charge on any atom is 0.317 e. The van der Waals surface area contributed by atoms with Crippen molar-refractivity contribution in [2.45, 2.75) is 38.0 Å². The van der Waals surface area contributed by atoms with Crippen LogP contribution >= 0.6 is 0 Å². The summed E-state index contributed by atoms with van der Waals surface area (Å²) in [5, 5.41) is 11.6. The molecule has 22 heavy (non-hydrogen) atoms. The molecule has 0 saturated heterocycles. The lowest BCUT2D eigenvalue weighted by atomic mass is 9.71. The normalized spacial score (nSPS) is 20.1. The van der Waals surface area contributed by atoms with Gasteiger partial charge < -0.3 is 15.3 Å². The highest BCUT2D eigenvalue weighted by atomic mass is 16.4. The average Bonchev–Trinajstić information content (AvgIpc) is 2.51. The Kier molecular flexibility index (Phi) is 5.06. The number of nitrogens with one attached hydrogen (secondary N) is 1. The van der Waals surface area contributed by atoms with Crippen LogP contribution in [-0.2, 0) is 16.6 Å². The highest BCUT2D eigenvalue weighted by molar-refractivity contribution is 5.75. The Morgan fingerprint density at radius 1 is 1.36 bits per heavy atom.